The van der Waals surface area contributed by atoms with Crippen LogP contribution in [0.2, 0.25) is 0 Å². The maximum atomic E-state index is 6.20. The summed E-state index contributed by atoms with van der Waals surface area (Å²) in [5, 5.41) is 8.05. The van der Waals surface area contributed by atoms with Gasteiger partial charge in [-0.3, -0.25) is 0 Å². The molecule has 0 aliphatic rings. The molecule has 198 valence electrons. The van der Waals surface area contributed by atoms with E-state index < -0.39 is 5.54 Å². The van der Waals surface area contributed by atoms with Gasteiger partial charge < -0.3 is 24.5 Å². The minimum atomic E-state index is -0.576. The van der Waals surface area contributed by atoms with Gasteiger partial charge in [-0.25, -0.2) is 15.0 Å². The van der Waals surface area contributed by atoms with Crippen molar-refractivity contribution < 1.29 is 14.2 Å². The van der Waals surface area contributed by atoms with Crippen molar-refractivity contribution in [1.82, 2.24) is 19.5 Å². The lowest BCUT2D eigenvalue weighted by Gasteiger charge is -2.18. The summed E-state index contributed by atoms with van der Waals surface area (Å²) in [6.45, 7) is 4.77. The molecule has 38 heavy (non-hydrogen) atoms. The molecule has 1 aromatic carbocycles. The van der Waals surface area contributed by atoms with Gasteiger partial charge in [-0.15, -0.1) is 0 Å². The standard InChI is InChI=1S/C28H33N7O3/c1-28(2,29)25(34-30-3)10-7-19-12-22-27(32-14-19)35(18-33-22)16-20-6-9-23(24(13-20)36-4)38-17-21-8-11-26(37-5)31-15-21/h6,8-15,18H,7,16-17,29H2,1-5H3/b25-10-,34-30?. The van der Waals surface area contributed by atoms with Crippen LogP contribution < -0.4 is 19.9 Å². The van der Waals surface area contributed by atoms with Crippen molar-refractivity contribution in [2.24, 2.45) is 16.0 Å². The fourth-order valence-electron chi connectivity index (χ4n) is 3.88. The molecule has 2 N–H and O–H groups in total. The first kappa shape index (κ1) is 26.7. The number of hydrogen-bond acceptors (Lipinski definition) is 9. The maximum absolute atomic E-state index is 6.20. The van der Waals surface area contributed by atoms with Gasteiger partial charge in [0.25, 0.3) is 0 Å². The second-order valence-electron chi connectivity index (χ2n) is 9.36. The van der Waals surface area contributed by atoms with Crippen molar-refractivity contribution >= 4 is 11.2 Å². The Kier molecular flexibility index (Phi) is 8.32. The number of allylic oxidation sites excluding steroid dienone is 1. The number of fused-ring (bicyclic) bond motifs is 1. The number of azo groups is 1. The number of benzene rings is 1. The van der Waals surface area contributed by atoms with Crippen LogP contribution in [-0.4, -0.2) is 46.3 Å². The number of aromatic nitrogens is 4. The zero-order valence-corrected chi connectivity index (χ0v) is 22.4. The predicted octanol–water partition coefficient (Wildman–Crippen LogP) is 4.72. The third kappa shape index (κ3) is 6.51. The van der Waals surface area contributed by atoms with Crippen LogP contribution in [0.5, 0.6) is 17.4 Å². The van der Waals surface area contributed by atoms with E-state index in [1.54, 1.807) is 39.9 Å². The Morgan fingerprint density at radius 3 is 2.45 bits per heavy atom. The van der Waals surface area contributed by atoms with Crippen molar-refractivity contribution in [3.63, 3.8) is 0 Å². The molecule has 0 bridgehead atoms. The van der Waals surface area contributed by atoms with Crippen LogP contribution in [0.4, 0.5) is 0 Å². The van der Waals surface area contributed by atoms with E-state index in [4.69, 9.17) is 19.9 Å². The summed E-state index contributed by atoms with van der Waals surface area (Å²) in [7, 11) is 4.85. The molecular formula is C28H33N7O3. The summed E-state index contributed by atoms with van der Waals surface area (Å²) in [5.41, 5.74) is 11.0. The zero-order chi connectivity index (χ0) is 27.1. The summed E-state index contributed by atoms with van der Waals surface area (Å²) in [6.07, 6.45) is 7.99. The third-order valence-electron chi connectivity index (χ3n) is 5.89. The summed E-state index contributed by atoms with van der Waals surface area (Å²) in [5.74, 6) is 1.87. The van der Waals surface area contributed by atoms with Gasteiger partial charge in [-0.05, 0) is 55.7 Å². The molecule has 0 saturated carbocycles. The van der Waals surface area contributed by atoms with Crippen molar-refractivity contribution in [2.45, 2.75) is 39.0 Å². The molecule has 0 atom stereocenters. The molecule has 0 unspecified atom stereocenters. The van der Waals surface area contributed by atoms with Gasteiger partial charge in [-0.2, -0.15) is 10.2 Å². The summed E-state index contributed by atoms with van der Waals surface area (Å²) in [4.78, 5) is 13.4. The van der Waals surface area contributed by atoms with E-state index in [9.17, 15) is 0 Å². The molecule has 0 spiro atoms. The summed E-state index contributed by atoms with van der Waals surface area (Å²) >= 11 is 0. The third-order valence-corrected chi connectivity index (χ3v) is 5.89. The molecule has 0 saturated heterocycles. The molecule has 10 nitrogen and oxygen atoms in total. The Bertz CT molecular complexity index is 1440. The first-order valence-corrected chi connectivity index (χ1v) is 12.2. The van der Waals surface area contributed by atoms with Crippen LogP contribution in [0.1, 0.15) is 30.5 Å². The number of nitrogens with two attached hydrogens (primary N) is 1. The number of ether oxygens (including phenoxy) is 3. The summed E-state index contributed by atoms with van der Waals surface area (Å²) in [6, 6.07) is 11.6. The average Bonchev–Trinajstić information content (AvgIpc) is 3.31. The fourth-order valence-corrected chi connectivity index (χ4v) is 3.88. The smallest absolute Gasteiger partial charge is 0.212 e. The van der Waals surface area contributed by atoms with E-state index in [1.807, 2.05) is 61.0 Å². The highest BCUT2D eigenvalue weighted by atomic mass is 16.5. The lowest BCUT2D eigenvalue weighted by atomic mass is 10.0. The fraction of sp³-hybridized carbons (Fsp3) is 0.321. The normalized spacial score (nSPS) is 12.3. The highest BCUT2D eigenvalue weighted by molar-refractivity contribution is 5.71. The maximum Gasteiger partial charge on any atom is 0.212 e. The van der Waals surface area contributed by atoms with Crippen molar-refractivity contribution in [1.29, 1.82) is 0 Å². The number of rotatable bonds is 11. The van der Waals surface area contributed by atoms with Crippen molar-refractivity contribution in [3.05, 3.63) is 83.6 Å². The van der Waals surface area contributed by atoms with Gasteiger partial charge in [0.05, 0.1) is 38.3 Å². The lowest BCUT2D eigenvalue weighted by Crippen LogP contribution is -2.33. The monoisotopic (exact) mass is 515 g/mol. The van der Waals surface area contributed by atoms with Gasteiger partial charge >= 0.3 is 0 Å². The van der Waals surface area contributed by atoms with Crippen LogP contribution in [-0.2, 0) is 19.6 Å². The quantitative estimate of drug-likeness (QED) is 0.287. The van der Waals surface area contributed by atoms with Crippen LogP contribution in [0.25, 0.3) is 11.2 Å². The van der Waals surface area contributed by atoms with Crippen molar-refractivity contribution in [3.8, 4) is 17.4 Å². The number of nitrogens with zero attached hydrogens (tertiary/aromatic N) is 6. The number of methoxy groups -OCH3 is 2. The first-order valence-electron chi connectivity index (χ1n) is 12.2. The molecule has 3 aromatic heterocycles. The molecular weight excluding hydrogens is 482 g/mol. The molecule has 4 aromatic rings. The lowest BCUT2D eigenvalue weighted by molar-refractivity contribution is 0.283. The van der Waals surface area contributed by atoms with E-state index in [-0.39, 0.29) is 0 Å². The molecule has 0 radical (unpaired) electrons. The zero-order valence-electron chi connectivity index (χ0n) is 22.4. The highest BCUT2D eigenvalue weighted by Gasteiger charge is 2.17. The number of pyridine rings is 2. The van der Waals surface area contributed by atoms with Gasteiger partial charge in [-0.1, -0.05) is 12.1 Å². The number of hydrogen-bond donors (Lipinski definition) is 1. The summed E-state index contributed by atoms with van der Waals surface area (Å²) < 4.78 is 18.7. The Balaban J connectivity index is 1.46. The van der Waals surface area contributed by atoms with E-state index in [2.05, 4.69) is 25.2 Å². The minimum absolute atomic E-state index is 0.367. The molecule has 0 fully saturated rings. The van der Waals surface area contributed by atoms with Crippen LogP contribution in [0, 0.1) is 0 Å². The van der Waals surface area contributed by atoms with Crippen LogP contribution in [0.15, 0.2) is 77.1 Å². The Morgan fingerprint density at radius 2 is 1.76 bits per heavy atom. The van der Waals surface area contributed by atoms with Crippen LogP contribution in [0.3, 0.4) is 0 Å². The minimum Gasteiger partial charge on any atom is -0.493 e. The van der Waals surface area contributed by atoms with E-state index >= 15 is 0 Å². The highest BCUT2D eigenvalue weighted by Crippen LogP contribution is 2.29. The Morgan fingerprint density at radius 1 is 0.974 bits per heavy atom. The predicted molar refractivity (Wildman–Crippen MR) is 146 cm³/mol. The molecule has 0 aliphatic heterocycles. The Labute approximate surface area is 222 Å². The number of imidazole rings is 1. The van der Waals surface area contributed by atoms with E-state index in [0.29, 0.717) is 37.0 Å². The second kappa shape index (κ2) is 11.8. The Hall–Kier alpha value is -4.31. The topological polar surface area (TPSA) is 122 Å². The van der Waals surface area contributed by atoms with Crippen LogP contribution >= 0.6 is 0 Å². The van der Waals surface area contributed by atoms with Gasteiger partial charge in [0.15, 0.2) is 17.1 Å². The molecule has 4 rings (SSSR count). The van der Waals surface area contributed by atoms with Crippen molar-refractivity contribution in [2.75, 3.05) is 21.3 Å². The van der Waals surface area contributed by atoms with E-state index in [0.717, 1.165) is 33.6 Å². The largest absolute Gasteiger partial charge is 0.493 e. The molecule has 0 amide bonds. The molecule has 0 aliphatic carbocycles. The average molecular weight is 516 g/mol. The SMILES string of the molecule is CN=N/C(=C\Cc1cnc2c(c1)ncn2Cc1ccc(OCc2ccc(OC)nc2)c(OC)c1)C(C)(C)N. The first-order chi connectivity index (χ1) is 18.3. The molecule has 3 heterocycles. The van der Waals surface area contributed by atoms with Gasteiger partial charge in [0.2, 0.25) is 5.88 Å². The van der Waals surface area contributed by atoms with Gasteiger partial charge in [0, 0.05) is 31.1 Å². The van der Waals surface area contributed by atoms with Gasteiger partial charge in [0.1, 0.15) is 12.1 Å². The second-order valence-corrected chi connectivity index (χ2v) is 9.36. The molecule has 10 heteroatoms. The van der Waals surface area contributed by atoms with E-state index in [1.165, 1.54) is 0 Å².